The van der Waals surface area contributed by atoms with E-state index < -0.39 is 15.9 Å². The number of carbonyl (C=O) groups is 1. The lowest BCUT2D eigenvalue weighted by atomic mass is 10.1. The van der Waals surface area contributed by atoms with Gasteiger partial charge in [0, 0.05) is 10.7 Å². The molecule has 0 spiro atoms. The maximum absolute atomic E-state index is 12.3. The van der Waals surface area contributed by atoms with Crippen LogP contribution in [0, 0.1) is 6.92 Å². The van der Waals surface area contributed by atoms with Gasteiger partial charge in [0.15, 0.2) is 0 Å². The first-order chi connectivity index (χ1) is 11.7. The Bertz CT molecular complexity index is 864. The summed E-state index contributed by atoms with van der Waals surface area (Å²) in [5, 5.41) is 3.17. The van der Waals surface area contributed by atoms with Gasteiger partial charge < -0.3 is 5.32 Å². The lowest BCUT2D eigenvalue weighted by Crippen LogP contribution is -2.37. The summed E-state index contributed by atoms with van der Waals surface area (Å²) >= 11 is 6.08. The van der Waals surface area contributed by atoms with Crippen LogP contribution in [0.2, 0.25) is 5.02 Å². The average molecular weight is 381 g/mol. The fourth-order valence-corrected chi connectivity index (χ4v) is 3.48. The van der Waals surface area contributed by atoms with Crippen molar-refractivity contribution in [2.75, 3.05) is 22.4 Å². The third kappa shape index (κ3) is 4.96. The van der Waals surface area contributed by atoms with E-state index in [1.54, 1.807) is 37.3 Å². The number of nitrogens with one attached hydrogen (secondary N) is 1. The number of benzene rings is 2. The van der Waals surface area contributed by atoms with Crippen molar-refractivity contribution in [2.45, 2.75) is 20.3 Å². The Morgan fingerprint density at radius 1 is 1.16 bits per heavy atom. The minimum Gasteiger partial charge on any atom is -0.325 e. The summed E-state index contributed by atoms with van der Waals surface area (Å²) in [5.74, 6) is -0.422. The van der Waals surface area contributed by atoms with Gasteiger partial charge in [-0.3, -0.25) is 9.10 Å². The molecule has 0 aliphatic rings. The number of aryl methyl sites for hydroxylation is 1. The fraction of sp³-hybridized carbons (Fsp3) is 0.278. The van der Waals surface area contributed by atoms with Crippen LogP contribution >= 0.6 is 11.6 Å². The van der Waals surface area contributed by atoms with Crippen molar-refractivity contribution in [3.63, 3.8) is 0 Å². The van der Waals surface area contributed by atoms with E-state index in [2.05, 4.69) is 5.32 Å². The Kier molecular flexibility index (Phi) is 6.08. The number of hydrogen-bond donors (Lipinski definition) is 1. The first-order valence-corrected chi connectivity index (χ1v) is 10.1. The van der Waals surface area contributed by atoms with Gasteiger partial charge in [-0.15, -0.1) is 0 Å². The lowest BCUT2D eigenvalue weighted by Gasteiger charge is -2.24. The number of rotatable bonds is 6. The van der Waals surface area contributed by atoms with Crippen molar-refractivity contribution in [2.24, 2.45) is 0 Å². The smallest absolute Gasteiger partial charge is 0.245 e. The standard InChI is InChI=1S/C18H21ClN2O3S/c1-4-14-8-10-15(11-9-14)20-18(22)12-21(25(3,23)24)17-7-5-6-16(19)13(17)2/h5-11H,4,12H2,1-3H3,(H,20,22). The molecule has 2 aromatic carbocycles. The Morgan fingerprint density at radius 2 is 1.80 bits per heavy atom. The minimum absolute atomic E-state index is 0.324. The molecule has 0 aliphatic heterocycles. The molecule has 0 unspecified atom stereocenters. The first-order valence-electron chi connectivity index (χ1n) is 7.84. The van der Waals surface area contributed by atoms with Crippen LogP contribution in [-0.2, 0) is 21.2 Å². The first kappa shape index (κ1) is 19.3. The summed E-state index contributed by atoms with van der Waals surface area (Å²) in [6.45, 7) is 3.44. The Hall–Kier alpha value is -2.05. The van der Waals surface area contributed by atoms with Crippen molar-refractivity contribution in [1.82, 2.24) is 0 Å². The number of amides is 1. The Labute approximate surface area is 153 Å². The highest BCUT2D eigenvalue weighted by Crippen LogP contribution is 2.28. The van der Waals surface area contributed by atoms with E-state index in [1.165, 1.54) is 0 Å². The molecule has 1 amide bonds. The van der Waals surface area contributed by atoms with Crippen molar-refractivity contribution >= 4 is 38.9 Å². The zero-order chi connectivity index (χ0) is 18.6. The second-order valence-corrected chi connectivity index (χ2v) is 8.07. The van der Waals surface area contributed by atoms with Gasteiger partial charge in [0.2, 0.25) is 15.9 Å². The summed E-state index contributed by atoms with van der Waals surface area (Å²) < 4.78 is 25.4. The van der Waals surface area contributed by atoms with Gasteiger partial charge in [-0.05, 0) is 48.7 Å². The molecular weight excluding hydrogens is 360 g/mol. The summed E-state index contributed by atoms with van der Waals surface area (Å²) in [4.78, 5) is 12.3. The molecule has 2 aromatic rings. The van der Waals surface area contributed by atoms with Gasteiger partial charge in [0.25, 0.3) is 0 Å². The van der Waals surface area contributed by atoms with E-state index >= 15 is 0 Å². The maximum atomic E-state index is 12.3. The van der Waals surface area contributed by atoms with Gasteiger partial charge in [0.05, 0.1) is 11.9 Å². The van der Waals surface area contributed by atoms with Crippen LogP contribution in [0.25, 0.3) is 0 Å². The average Bonchev–Trinajstić information content (AvgIpc) is 2.55. The molecule has 0 saturated heterocycles. The maximum Gasteiger partial charge on any atom is 0.245 e. The predicted molar refractivity (Wildman–Crippen MR) is 103 cm³/mol. The number of halogens is 1. The number of sulfonamides is 1. The van der Waals surface area contributed by atoms with Crippen LogP contribution in [-0.4, -0.2) is 27.1 Å². The molecule has 7 heteroatoms. The molecule has 0 aromatic heterocycles. The molecule has 1 N–H and O–H groups in total. The second-order valence-electron chi connectivity index (χ2n) is 5.75. The molecule has 0 atom stereocenters. The third-order valence-electron chi connectivity index (χ3n) is 3.84. The quantitative estimate of drug-likeness (QED) is 0.832. The van der Waals surface area contributed by atoms with Crippen molar-refractivity contribution in [1.29, 1.82) is 0 Å². The van der Waals surface area contributed by atoms with Gasteiger partial charge in [-0.2, -0.15) is 0 Å². The van der Waals surface area contributed by atoms with E-state index in [9.17, 15) is 13.2 Å². The van der Waals surface area contributed by atoms with E-state index in [1.807, 2.05) is 19.1 Å². The van der Waals surface area contributed by atoms with E-state index in [0.29, 0.717) is 22.0 Å². The molecule has 0 fully saturated rings. The van der Waals surface area contributed by atoms with Crippen LogP contribution in [0.5, 0.6) is 0 Å². The van der Waals surface area contributed by atoms with E-state index in [-0.39, 0.29) is 6.54 Å². The van der Waals surface area contributed by atoms with E-state index in [0.717, 1.165) is 22.5 Å². The molecule has 134 valence electrons. The number of carbonyl (C=O) groups excluding carboxylic acids is 1. The van der Waals surface area contributed by atoms with Crippen LogP contribution in [0.3, 0.4) is 0 Å². The van der Waals surface area contributed by atoms with Gasteiger partial charge in [-0.25, -0.2) is 8.42 Å². The summed E-state index contributed by atoms with van der Waals surface area (Å²) in [6, 6.07) is 12.4. The number of hydrogen-bond acceptors (Lipinski definition) is 3. The molecule has 0 radical (unpaired) electrons. The van der Waals surface area contributed by atoms with Crippen LogP contribution in [0.15, 0.2) is 42.5 Å². The molecule has 0 aliphatic carbocycles. The van der Waals surface area contributed by atoms with Gasteiger partial charge in [0.1, 0.15) is 6.54 Å². The normalized spacial score (nSPS) is 11.2. The monoisotopic (exact) mass is 380 g/mol. The highest BCUT2D eigenvalue weighted by atomic mass is 35.5. The zero-order valence-corrected chi connectivity index (χ0v) is 16.0. The molecule has 0 bridgehead atoms. The molecule has 0 saturated carbocycles. The third-order valence-corrected chi connectivity index (χ3v) is 5.38. The molecule has 2 rings (SSSR count). The molecule has 5 nitrogen and oxygen atoms in total. The van der Waals surface area contributed by atoms with Gasteiger partial charge in [-0.1, -0.05) is 36.7 Å². The highest BCUT2D eigenvalue weighted by Gasteiger charge is 2.23. The largest absolute Gasteiger partial charge is 0.325 e. The van der Waals surface area contributed by atoms with E-state index in [4.69, 9.17) is 11.6 Å². The predicted octanol–water partition coefficient (Wildman–Crippen LogP) is 3.62. The summed E-state index contributed by atoms with van der Waals surface area (Å²) in [7, 11) is -3.64. The number of anilines is 2. The summed E-state index contributed by atoms with van der Waals surface area (Å²) in [5.41, 5.74) is 2.78. The highest BCUT2D eigenvalue weighted by molar-refractivity contribution is 7.92. The SMILES string of the molecule is CCc1ccc(NC(=O)CN(c2cccc(Cl)c2C)S(C)(=O)=O)cc1. The van der Waals surface area contributed by atoms with Crippen LogP contribution in [0.1, 0.15) is 18.1 Å². The second kappa shape index (κ2) is 7.89. The molecule has 0 heterocycles. The Balaban J connectivity index is 2.22. The minimum atomic E-state index is -3.64. The lowest BCUT2D eigenvalue weighted by molar-refractivity contribution is -0.114. The van der Waals surface area contributed by atoms with Crippen molar-refractivity contribution < 1.29 is 13.2 Å². The molecule has 25 heavy (non-hydrogen) atoms. The Morgan fingerprint density at radius 3 is 2.36 bits per heavy atom. The zero-order valence-electron chi connectivity index (χ0n) is 14.4. The van der Waals surface area contributed by atoms with Crippen LogP contribution < -0.4 is 9.62 Å². The van der Waals surface area contributed by atoms with Gasteiger partial charge >= 0.3 is 0 Å². The topological polar surface area (TPSA) is 66.5 Å². The summed E-state index contributed by atoms with van der Waals surface area (Å²) in [6.07, 6.45) is 1.97. The number of nitrogens with zero attached hydrogens (tertiary/aromatic N) is 1. The van der Waals surface area contributed by atoms with Crippen molar-refractivity contribution in [3.8, 4) is 0 Å². The fourth-order valence-electron chi connectivity index (χ4n) is 2.40. The van der Waals surface area contributed by atoms with Crippen molar-refractivity contribution in [3.05, 3.63) is 58.6 Å². The molecular formula is C18H21ClN2O3S. The van der Waals surface area contributed by atoms with Crippen LogP contribution in [0.4, 0.5) is 11.4 Å².